The predicted molar refractivity (Wildman–Crippen MR) is 71.6 cm³/mol. The van der Waals surface area contributed by atoms with Crippen LogP contribution in [0.2, 0.25) is 0 Å². The Kier molecular flexibility index (Phi) is 4.39. The van der Waals surface area contributed by atoms with Gasteiger partial charge in [0, 0.05) is 24.8 Å². The lowest BCUT2D eigenvalue weighted by Gasteiger charge is -2.19. The molecule has 4 nitrogen and oxygen atoms in total. The molecule has 0 radical (unpaired) electrons. The van der Waals surface area contributed by atoms with Crippen LogP contribution in [-0.2, 0) is 12.8 Å². The van der Waals surface area contributed by atoms with Crippen molar-refractivity contribution < 1.29 is 0 Å². The average molecular weight is 242 g/mol. The first-order chi connectivity index (χ1) is 8.85. The fraction of sp³-hybridized carbons (Fsp3) is 0.286. The Morgan fingerprint density at radius 1 is 1.17 bits per heavy atom. The van der Waals surface area contributed by atoms with Gasteiger partial charge >= 0.3 is 0 Å². The van der Waals surface area contributed by atoms with Gasteiger partial charge in [-0.2, -0.15) is 0 Å². The number of rotatable bonds is 5. The molecule has 1 unspecified atom stereocenters. The molecule has 2 heterocycles. The fourth-order valence-corrected chi connectivity index (χ4v) is 2.09. The number of pyridine rings is 2. The second kappa shape index (κ2) is 6.23. The number of nitrogens with two attached hydrogens (primary N) is 1. The predicted octanol–water partition coefficient (Wildman–Crippen LogP) is 1.79. The summed E-state index contributed by atoms with van der Waals surface area (Å²) in [6.07, 6.45) is 9.12. The molecular formula is C14H18N4. The first kappa shape index (κ1) is 12.7. The molecule has 0 aromatic carbocycles. The molecule has 3 N–H and O–H groups in total. The maximum absolute atomic E-state index is 5.69. The van der Waals surface area contributed by atoms with Crippen molar-refractivity contribution in [1.82, 2.24) is 15.4 Å². The van der Waals surface area contributed by atoms with Crippen LogP contribution < -0.4 is 11.3 Å². The summed E-state index contributed by atoms with van der Waals surface area (Å²) in [7, 11) is 0. The normalized spacial score (nSPS) is 12.3. The van der Waals surface area contributed by atoms with E-state index in [1.54, 1.807) is 12.4 Å². The Bertz CT molecular complexity index is 484. The lowest BCUT2D eigenvalue weighted by molar-refractivity contribution is 0.547. The minimum absolute atomic E-state index is 0.102. The van der Waals surface area contributed by atoms with E-state index in [-0.39, 0.29) is 6.04 Å². The number of aromatic nitrogens is 2. The number of hydrogen-bond donors (Lipinski definition) is 2. The number of hydrogen-bond acceptors (Lipinski definition) is 4. The van der Waals surface area contributed by atoms with Crippen molar-refractivity contribution in [3.63, 3.8) is 0 Å². The number of nitrogens with one attached hydrogen (secondary N) is 1. The fourth-order valence-electron chi connectivity index (χ4n) is 2.09. The SMILES string of the molecule is CCc1cnccc1C(Cc1ccncc1)NN. The molecule has 0 aliphatic rings. The maximum Gasteiger partial charge on any atom is 0.0504 e. The molecule has 0 aliphatic heterocycles. The summed E-state index contributed by atoms with van der Waals surface area (Å²) in [5.74, 6) is 5.69. The van der Waals surface area contributed by atoms with Gasteiger partial charge in [0.2, 0.25) is 0 Å². The molecule has 0 saturated heterocycles. The van der Waals surface area contributed by atoms with Crippen LogP contribution >= 0.6 is 0 Å². The molecule has 2 rings (SSSR count). The molecule has 0 spiro atoms. The van der Waals surface area contributed by atoms with Crippen molar-refractivity contribution in [3.05, 3.63) is 59.7 Å². The van der Waals surface area contributed by atoms with Crippen LogP contribution in [0.3, 0.4) is 0 Å². The maximum atomic E-state index is 5.69. The third-order valence-corrected chi connectivity index (χ3v) is 3.09. The van der Waals surface area contributed by atoms with Crippen LogP contribution in [0, 0.1) is 0 Å². The highest BCUT2D eigenvalue weighted by molar-refractivity contribution is 5.28. The van der Waals surface area contributed by atoms with Crippen molar-refractivity contribution >= 4 is 0 Å². The van der Waals surface area contributed by atoms with Gasteiger partial charge < -0.3 is 0 Å². The molecule has 94 valence electrons. The summed E-state index contributed by atoms with van der Waals surface area (Å²) in [6.45, 7) is 2.13. The zero-order chi connectivity index (χ0) is 12.8. The summed E-state index contributed by atoms with van der Waals surface area (Å²) in [5, 5.41) is 0. The van der Waals surface area contributed by atoms with Gasteiger partial charge in [0.1, 0.15) is 0 Å². The standard InChI is InChI=1S/C14H18N4/c1-2-12-10-17-8-5-13(12)14(18-15)9-11-3-6-16-7-4-11/h3-8,10,14,18H,2,9,15H2,1H3. The van der Waals surface area contributed by atoms with Crippen molar-refractivity contribution in [2.24, 2.45) is 5.84 Å². The molecule has 0 fully saturated rings. The third-order valence-electron chi connectivity index (χ3n) is 3.09. The quantitative estimate of drug-likeness (QED) is 0.619. The minimum Gasteiger partial charge on any atom is -0.271 e. The van der Waals surface area contributed by atoms with E-state index in [1.165, 1.54) is 16.7 Å². The first-order valence-electron chi connectivity index (χ1n) is 6.13. The molecule has 0 bridgehead atoms. The van der Waals surface area contributed by atoms with Gasteiger partial charge in [-0.05, 0) is 47.7 Å². The highest BCUT2D eigenvalue weighted by Gasteiger charge is 2.13. The Balaban J connectivity index is 2.23. The van der Waals surface area contributed by atoms with E-state index >= 15 is 0 Å². The minimum atomic E-state index is 0.102. The van der Waals surface area contributed by atoms with Gasteiger partial charge in [0.25, 0.3) is 0 Å². The van der Waals surface area contributed by atoms with E-state index in [0.717, 1.165) is 12.8 Å². The smallest absolute Gasteiger partial charge is 0.0504 e. The first-order valence-corrected chi connectivity index (χ1v) is 6.13. The van der Waals surface area contributed by atoms with Gasteiger partial charge in [-0.15, -0.1) is 0 Å². The number of nitrogens with zero attached hydrogens (tertiary/aromatic N) is 2. The van der Waals surface area contributed by atoms with E-state index in [2.05, 4.69) is 22.3 Å². The molecule has 2 aromatic rings. The van der Waals surface area contributed by atoms with E-state index in [9.17, 15) is 0 Å². The zero-order valence-electron chi connectivity index (χ0n) is 10.5. The van der Waals surface area contributed by atoms with Crippen LogP contribution in [0.5, 0.6) is 0 Å². The summed E-state index contributed by atoms with van der Waals surface area (Å²) in [5.41, 5.74) is 6.55. The number of aryl methyl sites for hydroxylation is 1. The van der Waals surface area contributed by atoms with Gasteiger partial charge in [-0.3, -0.25) is 21.2 Å². The van der Waals surface area contributed by atoms with Gasteiger partial charge in [-0.1, -0.05) is 6.92 Å². The van der Waals surface area contributed by atoms with Gasteiger partial charge in [-0.25, -0.2) is 0 Å². The second-order valence-electron chi connectivity index (χ2n) is 4.21. The van der Waals surface area contributed by atoms with E-state index in [4.69, 9.17) is 5.84 Å². The molecule has 4 heteroatoms. The van der Waals surface area contributed by atoms with E-state index < -0.39 is 0 Å². The molecule has 0 saturated carbocycles. The monoisotopic (exact) mass is 242 g/mol. The lowest BCUT2D eigenvalue weighted by atomic mass is 9.96. The number of hydrazine groups is 1. The summed E-state index contributed by atoms with van der Waals surface area (Å²) in [6, 6.07) is 6.16. The van der Waals surface area contributed by atoms with Crippen LogP contribution in [0.1, 0.15) is 29.7 Å². The topological polar surface area (TPSA) is 63.8 Å². The zero-order valence-corrected chi connectivity index (χ0v) is 10.5. The summed E-state index contributed by atoms with van der Waals surface area (Å²) in [4.78, 5) is 8.18. The summed E-state index contributed by atoms with van der Waals surface area (Å²) >= 11 is 0. The average Bonchev–Trinajstić information content (AvgIpc) is 2.46. The third kappa shape index (κ3) is 2.91. The van der Waals surface area contributed by atoms with Crippen LogP contribution in [0.25, 0.3) is 0 Å². The second-order valence-corrected chi connectivity index (χ2v) is 4.21. The molecule has 0 amide bonds. The lowest BCUT2D eigenvalue weighted by Crippen LogP contribution is -2.30. The summed E-state index contributed by atoms with van der Waals surface area (Å²) < 4.78 is 0. The van der Waals surface area contributed by atoms with Crippen molar-refractivity contribution in [1.29, 1.82) is 0 Å². The Morgan fingerprint density at radius 3 is 2.56 bits per heavy atom. The van der Waals surface area contributed by atoms with Crippen LogP contribution in [0.15, 0.2) is 43.0 Å². The van der Waals surface area contributed by atoms with E-state index in [1.807, 2.05) is 30.6 Å². The molecule has 18 heavy (non-hydrogen) atoms. The largest absolute Gasteiger partial charge is 0.271 e. The Labute approximate surface area is 107 Å². The highest BCUT2D eigenvalue weighted by atomic mass is 15.2. The van der Waals surface area contributed by atoms with Crippen LogP contribution in [-0.4, -0.2) is 9.97 Å². The molecule has 0 aliphatic carbocycles. The highest BCUT2D eigenvalue weighted by Crippen LogP contribution is 2.20. The molecular weight excluding hydrogens is 224 g/mol. The van der Waals surface area contributed by atoms with Gasteiger partial charge in [0.05, 0.1) is 6.04 Å². The Morgan fingerprint density at radius 2 is 1.89 bits per heavy atom. The van der Waals surface area contributed by atoms with Gasteiger partial charge in [0.15, 0.2) is 0 Å². The van der Waals surface area contributed by atoms with Crippen molar-refractivity contribution in [2.75, 3.05) is 0 Å². The van der Waals surface area contributed by atoms with E-state index in [0.29, 0.717) is 0 Å². The molecule has 2 aromatic heterocycles. The molecule has 1 atom stereocenters. The van der Waals surface area contributed by atoms with Crippen LogP contribution in [0.4, 0.5) is 0 Å². The Hall–Kier alpha value is -1.78. The van der Waals surface area contributed by atoms with Crippen molar-refractivity contribution in [3.8, 4) is 0 Å². The van der Waals surface area contributed by atoms with Crippen molar-refractivity contribution in [2.45, 2.75) is 25.8 Å².